The van der Waals surface area contributed by atoms with Crippen molar-refractivity contribution >= 4 is 35.5 Å². The lowest BCUT2D eigenvalue weighted by Gasteiger charge is -2.10. The third kappa shape index (κ3) is 12.3. The third-order valence-corrected chi connectivity index (χ3v) is 6.98. The summed E-state index contributed by atoms with van der Waals surface area (Å²) in [4.78, 5) is 60.5. The van der Waals surface area contributed by atoms with Gasteiger partial charge in [0.1, 0.15) is 36.2 Å². The summed E-state index contributed by atoms with van der Waals surface area (Å²) in [6.45, 7) is 9.33. The van der Waals surface area contributed by atoms with Crippen LogP contribution in [0.25, 0.3) is 0 Å². The molecule has 0 heterocycles. The Kier molecular flexibility index (Phi) is 14.3. The van der Waals surface area contributed by atoms with Gasteiger partial charge in [-0.2, -0.15) is 0 Å². The van der Waals surface area contributed by atoms with Crippen LogP contribution in [0, 0.1) is 0 Å². The molecular weight excluding hydrogens is 670 g/mol. The maximum atomic E-state index is 12.7. The van der Waals surface area contributed by atoms with Crippen molar-refractivity contribution in [3.63, 3.8) is 0 Å². The molecule has 12 nitrogen and oxygen atoms in total. The van der Waals surface area contributed by atoms with E-state index in [0.717, 1.165) is 6.08 Å². The van der Waals surface area contributed by atoms with Gasteiger partial charge in [-0.25, -0.2) is 19.2 Å². The van der Waals surface area contributed by atoms with Gasteiger partial charge in [0.05, 0.1) is 24.3 Å². The molecule has 0 spiro atoms. The largest absolute Gasteiger partial charge is 0.494 e. The van der Waals surface area contributed by atoms with Crippen molar-refractivity contribution in [2.75, 3.05) is 31.7 Å². The summed E-state index contributed by atoms with van der Waals surface area (Å²) in [5.41, 5.74) is 1.73. The Hall–Kier alpha value is -6.69. The first kappa shape index (κ1) is 38.1. The number of nitrogens with one attached hydrogen (secondary N) is 1. The molecule has 0 fully saturated rings. The summed E-state index contributed by atoms with van der Waals surface area (Å²) >= 11 is 0. The lowest BCUT2D eigenvalue weighted by Crippen LogP contribution is -2.13. The molecule has 52 heavy (non-hydrogen) atoms. The molecule has 0 saturated carbocycles. The molecule has 0 saturated heterocycles. The molecule has 0 aromatic heterocycles. The van der Waals surface area contributed by atoms with Gasteiger partial charge in [0, 0.05) is 22.9 Å². The first-order chi connectivity index (χ1) is 25.1. The molecule has 0 bridgehead atoms. The highest BCUT2D eigenvalue weighted by Crippen LogP contribution is 2.22. The van der Waals surface area contributed by atoms with Crippen LogP contribution < -0.4 is 24.3 Å². The van der Waals surface area contributed by atoms with E-state index in [9.17, 15) is 24.0 Å². The zero-order valence-electron chi connectivity index (χ0n) is 28.5. The molecule has 1 amide bonds. The van der Waals surface area contributed by atoms with Crippen molar-refractivity contribution in [3.8, 4) is 23.0 Å². The van der Waals surface area contributed by atoms with Gasteiger partial charge in [0.15, 0.2) is 0 Å². The van der Waals surface area contributed by atoms with E-state index in [1.54, 1.807) is 67.6 Å². The van der Waals surface area contributed by atoms with Gasteiger partial charge < -0.3 is 33.7 Å². The van der Waals surface area contributed by atoms with E-state index in [-0.39, 0.29) is 42.8 Å². The summed E-state index contributed by atoms with van der Waals surface area (Å²) in [6.07, 6.45) is 2.44. The fourth-order valence-electron chi connectivity index (χ4n) is 4.23. The Bertz CT molecular complexity index is 1870. The van der Waals surface area contributed by atoms with Crippen LogP contribution in [0.3, 0.4) is 0 Å². The number of carbonyl (C=O) groups is 5. The smallest absolute Gasteiger partial charge is 0.343 e. The lowest BCUT2D eigenvalue weighted by atomic mass is 10.1. The number of rotatable bonds is 18. The topological polar surface area (TPSA) is 153 Å². The quantitative estimate of drug-likeness (QED) is 0.0505. The van der Waals surface area contributed by atoms with Crippen molar-refractivity contribution in [2.24, 2.45) is 0 Å². The van der Waals surface area contributed by atoms with Crippen LogP contribution in [0.15, 0.2) is 122 Å². The summed E-state index contributed by atoms with van der Waals surface area (Å²) in [5.74, 6) is -0.924. The van der Waals surface area contributed by atoms with E-state index < -0.39 is 23.9 Å². The van der Waals surface area contributed by atoms with Crippen LogP contribution in [0.4, 0.5) is 5.69 Å². The number of ether oxygens (including phenoxy) is 6. The first-order valence-corrected chi connectivity index (χ1v) is 16.1. The average Bonchev–Trinajstić information content (AvgIpc) is 3.16. The second-order valence-electron chi connectivity index (χ2n) is 11.0. The summed E-state index contributed by atoms with van der Waals surface area (Å²) in [5, 5.41) is 2.76. The molecule has 4 aromatic carbocycles. The van der Waals surface area contributed by atoms with E-state index in [1.807, 2.05) is 0 Å². The lowest BCUT2D eigenvalue weighted by molar-refractivity contribution is -0.140. The highest BCUT2D eigenvalue weighted by Gasteiger charge is 2.13. The average molecular weight is 708 g/mol. The number of carbonyl (C=O) groups excluding carboxylic acids is 5. The van der Waals surface area contributed by atoms with Crippen molar-refractivity contribution < 1.29 is 52.4 Å². The van der Waals surface area contributed by atoms with Crippen molar-refractivity contribution in [2.45, 2.75) is 19.8 Å². The molecule has 4 aromatic rings. The monoisotopic (exact) mass is 707 g/mol. The SMILES string of the molecule is C=CC(=O)OCCCCOc1ccc(C(=O)Oc2ccc(OC(=O)c3ccc(NC(=O)c4ccc(OCCOC(=O)C(=C)C)cc4)cc3)cc2)cc1. The van der Waals surface area contributed by atoms with Gasteiger partial charge in [-0.15, -0.1) is 0 Å². The molecule has 4 rings (SSSR count). The summed E-state index contributed by atoms with van der Waals surface area (Å²) < 4.78 is 31.9. The van der Waals surface area contributed by atoms with Crippen LogP contribution in [-0.2, 0) is 19.1 Å². The third-order valence-electron chi connectivity index (χ3n) is 6.98. The molecule has 0 radical (unpaired) electrons. The number of hydrogen-bond acceptors (Lipinski definition) is 11. The van der Waals surface area contributed by atoms with Gasteiger partial charge >= 0.3 is 23.9 Å². The minimum atomic E-state index is -0.619. The maximum absolute atomic E-state index is 12.7. The molecule has 0 aliphatic carbocycles. The minimum Gasteiger partial charge on any atom is -0.494 e. The first-order valence-electron chi connectivity index (χ1n) is 16.1. The van der Waals surface area contributed by atoms with E-state index in [0.29, 0.717) is 53.3 Å². The van der Waals surface area contributed by atoms with Gasteiger partial charge in [0.25, 0.3) is 5.91 Å². The van der Waals surface area contributed by atoms with E-state index in [4.69, 9.17) is 28.4 Å². The fourth-order valence-corrected chi connectivity index (χ4v) is 4.23. The second-order valence-corrected chi connectivity index (χ2v) is 11.0. The molecule has 0 aliphatic heterocycles. The van der Waals surface area contributed by atoms with Crippen molar-refractivity contribution in [1.82, 2.24) is 0 Å². The van der Waals surface area contributed by atoms with Crippen molar-refractivity contribution in [3.05, 3.63) is 139 Å². The Labute approximate surface area is 300 Å². The van der Waals surface area contributed by atoms with Crippen LogP contribution in [0.2, 0.25) is 0 Å². The zero-order valence-corrected chi connectivity index (χ0v) is 28.5. The van der Waals surface area contributed by atoms with Gasteiger partial charge in [-0.3, -0.25) is 4.79 Å². The van der Waals surface area contributed by atoms with E-state index in [1.165, 1.54) is 36.4 Å². The Morgan fingerprint density at radius 3 is 1.56 bits per heavy atom. The van der Waals surface area contributed by atoms with Crippen molar-refractivity contribution in [1.29, 1.82) is 0 Å². The summed E-state index contributed by atoms with van der Waals surface area (Å²) in [7, 11) is 0. The number of hydrogen-bond donors (Lipinski definition) is 1. The Balaban J connectivity index is 1.18. The number of amides is 1. The predicted octanol–water partition coefficient (Wildman–Crippen LogP) is 6.76. The van der Waals surface area contributed by atoms with Gasteiger partial charge in [0.2, 0.25) is 0 Å². The number of unbranched alkanes of at least 4 members (excludes halogenated alkanes) is 1. The predicted molar refractivity (Wildman–Crippen MR) is 191 cm³/mol. The van der Waals surface area contributed by atoms with Gasteiger partial charge in [-0.1, -0.05) is 13.2 Å². The highest BCUT2D eigenvalue weighted by atomic mass is 16.6. The van der Waals surface area contributed by atoms with Crippen LogP contribution >= 0.6 is 0 Å². The summed E-state index contributed by atoms with van der Waals surface area (Å²) in [6, 6.07) is 25.1. The molecule has 0 atom stereocenters. The maximum Gasteiger partial charge on any atom is 0.343 e. The van der Waals surface area contributed by atoms with Gasteiger partial charge in [-0.05, 0) is 117 Å². The normalized spacial score (nSPS) is 10.2. The zero-order chi connectivity index (χ0) is 37.3. The Morgan fingerprint density at radius 1 is 0.577 bits per heavy atom. The molecule has 12 heteroatoms. The van der Waals surface area contributed by atoms with Crippen LogP contribution in [0.5, 0.6) is 23.0 Å². The number of anilines is 1. The van der Waals surface area contributed by atoms with Crippen LogP contribution in [-0.4, -0.2) is 56.2 Å². The molecule has 268 valence electrons. The second kappa shape index (κ2) is 19.5. The Morgan fingerprint density at radius 2 is 1.04 bits per heavy atom. The van der Waals surface area contributed by atoms with E-state index in [2.05, 4.69) is 18.5 Å². The number of esters is 4. The molecule has 0 aliphatic rings. The molecular formula is C40H37NO11. The number of benzene rings is 4. The molecule has 1 N–H and O–H groups in total. The molecule has 0 unspecified atom stereocenters. The standard InChI is InChI=1S/C40H37NO11/c1-4-36(42)49-24-6-5-23-47-32-17-11-30(12-18-32)40(46)52-35-21-19-34(20-22-35)51-39(45)29-7-13-31(14-8-29)41-37(43)28-9-15-33(16-10-28)48-25-26-50-38(44)27(2)3/h4,7-22H,1-2,5-6,23-26H2,3H3,(H,41,43). The fraction of sp³-hybridized carbons (Fsp3) is 0.175. The van der Waals surface area contributed by atoms with E-state index >= 15 is 0 Å². The highest BCUT2D eigenvalue weighted by molar-refractivity contribution is 6.04. The van der Waals surface area contributed by atoms with Crippen LogP contribution in [0.1, 0.15) is 50.8 Å². The minimum absolute atomic E-state index is 0.0680.